The number of benzene rings is 1. The Morgan fingerprint density at radius 2 is 1.90 bits per heavy atom. The molecule has 1 atom stereocenters. The highest BCUT2D eigenvalue weighted by atomic mass is 35.7. The molecular formula is C14H20ClNO4S. The maximum atomic E-state index is 11.9. The monoisotopic (exact) mass is 333 g/mol. The molecule has 7 heteroatoms. The van der Waals surface area contributed by atoms with E-state index in [1.807, 2.05) is 20.8 Å². The van der Waals surface area contributed by atoms with E-state index in [-0.39, 0.29) is 16.3 Å². The number of aryl methyl sites for hydroxylation is 1. The van der Waals surface area contributed by atoms with Crippen LogP contribution in [0.5, 0.6) is 5.75 Å². The number of rotatable bonds is 4. The second kappa shape index (κ2) is 6.23. The molecule has 1 aromatic carbocycles. The summed E-state index contributed by atoms with van der Waals surface area (Å²) in [5.41, 5.74) is 0.243. The molecule has 21 heavy (non-hydrogen) atoms. The molecular weight excluding hydrogens is 314 g/mol. The molecule has 0 saturated heterocycles. The molecule has 0 fully saturated rings. The van der Waals surface area contributed by atoms with Gasteiger partial charge in [0.1, 0.15) is 5.75 Å². The fourth-order valence-corrected chi connectivity index (χ4v) is 2.46. The summed E-state index contributed by atoms with van der Waals surface area (Å²) < 4.78 is 28.1. The Bertz CT molecular complexity index is 635. The molecule has 0 saturated carbocycles. The predicted octanol–water partition coefficient (Wildman–Crippen LogP) is 2.60. The van der Waals surface area contributed by atoms with Crippen LogP contribution < -0.4 is 10.1 Å². The van der Waals surface area contributed by atoms with Gasteiger partial charge in [0.15, 0.2) is 6.10 Å². The van der Waals surface area contributed by atoms with Crippen molar-refractivity contribution >= 4 is 25.6 Å². The highest BCUT2D eigenvalue weighted by Gasteiger charge is 2.21. The maximum absolute atomic E-state index is 11.9. The molecule has 0 bridgehead atoms. The topological polar surface area (TPSA) is 72.5 Å². The van der Waals surface area contributed by atoms with Crippen LogP contribution in [-0.4, -0.2) is 26.0 Å². The third kappa shape index (κ3) is 5.55. The van der Waals surface area contributed by atoms with Crippen LogP contribution in [0.25, 0.3) is 0 Å². The second-order valence-corrected chi connectivity index (χ2v) is 8.43. The maximum Gasteiger partial charge on any atom is 0.261 e. The van der Waals surface area contributed by atoms with Crippen molar-refractivity contribution in [2.24, 2.45) is 0 Å². The third-order valence-electron chi connectivity index (χ3n) is 2.60. The fraction of sp³-hybridized carbons (Fsp3) is 0.500. The van der Waals surface area contributed by atoms with Crippen LogP contribution in [-0.2, 0) is 13.8 Å². The molecule has 1 rings (SSSR count). The normalized spacial score (nSPS) is 13.6. The molecule has 118 valence electrons. The first kappa shape index (κ1) is 17.8. The van der Waals surface area contributed by atoms with Gasteiger partial charge in [0.2, 0.25) is 0 Å². The zero-order valence-electron chi connectivity index (χ0n) is 12.7. The summed E-state index contributed by atoms with van der Waals surface area (Å²) in [6.45, 7) is 8.96. The van der Waals surface area contributed by atoms with Gasteiger partial charge in [0.05, 0.1) is 4.90 Å². The van der Waals surface area contributed by atoms with Crippen LogP contribution >= 0.6 is 10.7 Å². The molecule has 1 N–H and O–H groups in total. The summed E-state index contributed by atoms with van der Waals surface area (Å²) in [5, 5.41) is 2.81. The Morgan fingerprint density at radius 1 is 1.33 bits per heavy atom. The van der Waals surface area contributed by atoms with Gasteiger partial charge in [-0.05, 0) is 58.4 Å². The van der Waals surface area contributed by atoms with E-state index in [9.17, 15) is 13.2 Å². The van der Waals surface area contributed by atoms with Crippen molar-refractivity contribution in [3.63, 3.8) is 0 Å². The van der Waals surface area contributed by atoms with Crippen LogP contribution in [0.4, 0.5) is 0 Å². The lowest BCUT2D eigenvalue weighted by Crippen LogP contribution is -2.46. The van der Waals surface area contributed by atoms with Crippen LogP contribution in [0.1, 0.15) is 33.3 Å². The average Bonchev–Trinajstić information content (AvgIpc) is 2.27. The van der Waals surface area contributed by atoms with E-state index in [1.54, 1.807) is 13.8 Å². The highest BCUT2D eigenvalue weighted by molar-refractivity contribution is 8.13. The summed E-state index contributed by atoms with van der Waals surface area (Å²) in [4.78, 5) is 11.9. The molecule has 0 aliphatic carbocycles. The van der Waals surface area contributed by atoms with E-state index in [0.29, 0.717) is 11.3 Å². The molecule has 5 nitrogen and oxygen atoms in total. The van der Waals surface area contributed by atoms with Gasteiger partial charge in [0.25, 0.3) is 15.0 Å². The number of carbonyl (C=O) groups is 1. The lowest BCUT2D eigenvalue weighted by molar-refractivity contribution is -0.128. The highest BCUT2D eigenvalue weighted by Crippen LogP contribution is 2.24. The number of hydrogen-bond acceptors (Lipinski definition) is 4. The Morgan fingerprint density at radius 3 is 2.33 bits per heavy atom. The predicted molar refractivity (Wildman–Crippen MR) is 82.2 cm³/mol. The number of carbonyl (C=O) groups excluding carboxylic acids is 1. The SMILES string of the molecule is Cc1cc(S(=O)(=O)Cl)ccc1OC(C)C(=O)NC(C)(C)C. The standard InChI is InChI=1S/C14H20ClNO4S/c1-9-8-11(21(15,18)19)6-7-12(9)20-10(2)13(17)16-14(3,4)5/h6-8,10H,1-5H3,(H,16,17). The summed E-state index contributed by atoms with van der Waals surface area (Å²) in [5.74, 6) is 0.201. The van der Waals surface area contributed by atoms with E-state index in [4.69, 9.17) is 15.4 Å². The van der Waals surface area contributed by atoms with E-state index >= 15 is 0 Å². The van der Waals surface area contributed by atoms with Crippen molar-refractivity contribution < 1.29 is 17.9 Å². The van der Waals surface area contributed by atoms with Gasteiger partial charge in [-0.2, -0.15) is 0 Å². The molecule has 0 spiro atoms. The fourth-order valence-electron chi connectivity index (χ4n) is 1.62. The molecule has 0 aromatic heterocycles. The molecule has 0 heterocycles. The number of ether oxygens (including phenoxy) is 1. The average molecular weight is 334 g/mol. The van der Waals surface area contributed by atoms with E-state index in [1.165, 1.54) is 18.2 Å². The Balaban J connectivity index is 2.87. The number of amides is 1. The van der Waals surface area contributed by atoms with Crippen molar-refractivity contribution in [3.8, 4) is 5.75 Å². The quantitative estimate of drug-likeness (QED) is 0.860. The lowest BCUT2D eigenvalue weighted by atomic mass is 10.1. The van der Waals surface area contributed by atoms with Crippen LogP contribution in [0, 0.1) is 6.92 Å². The molecule has 1 amide bonds. The van der Waals surface area contributed by atoms with Gasteiger partial charge >= 0.3 is 0 Å². The number of hydrogen-bond donors (Lipinski definition) is 1. The van der Waals surface area contributed by atoms with Gasteiger partial charge in [0, 0.05) is 16.2 Å². The van der Waals surface area contributed by atoms with Gasteiger partial charge < -0.3 is 10.1 Å². The first-order valence-electron chi connectivity index (χ1n) is 6.44. The molecule has 1 aromatic rings. The largest absolute Gasteiger partial charge is 0.481 e. The lowest BCUT2D eigenvalue weighted by Gasteiger charge is -2.24. The minimum absolute atomic E-state index is 0.000753. The summed E-state index contributed by atoms with van der Waals surface area (Å²) in [6, 6.07) is 4.25. The van der Waals surface area contributed by atoms with Gasteiger partial charge in [-0.25, -0.2) is 8.42 Å². The van der Waals surface area contributed by atoms with E-state index in [0.717, 1.165) is 0 Å². The van der Waals surface area contributed by atoms with E-state index in [2.05, 4.69) is 5.32 Å². The van der Waals surface area contributed by atoms with Crippen molar-refractivity contribution in [1.29, 1.82) is 0 Å². The molecule has 1 unspecified atom stereocenters. The van der Waals surface area contributed by atoms with Crippen LogP contribution in [0.2, 0.25) is 0 Å². The van der Waals surface area contributed by atoms with Crippen molar-refractivity contribution in [2.75, 3.05) is 0 Å². The van der Waals surface area contributed by atoms with Gasteiger partial charge in [-0.1, -0.05) is 0 Å². The zero-order chi connectivity index (χ0) is 16.4. The van der Waals surface area contributed by atoms with Gasteiger partial charge in [-0.15, -0.1) is 0 Å². The summed E-state index contributed by atoms with van der Waals surface area (Å²) in [7, 11) is 1.51. The van der Waals surface area contributed by atoms with Crippen molar-refractivity contribution in [1.82, 2.24) is 5.32 Å². The van der Waals surface area contributed by atoms with Gasteiger partial charge in [-0.3, -0.25) is 4.79 Å². The summed E-state index contributed by atoms with van der Waals surface area (Å²) >= 11 is 0. The minimum atomic E-state index is -3.77. The van der Waals surface area contributed by atoms with E-state index < -0.39 is 15.2 Å². The van der Waals surface area contributed by atoms with Crippen molar-refractivity contribution in [3.05, 3.63) is 23.8 Å². The second-order valence-electron chi connectivity index (χ2n) is 5.86. The third-order valence-corrected chi connectivity index (χ3v) is 3.95. The first-order chi connectivity index (χ1) is 9.40. The summed E-state index contributed by atoms with van der Waals surface area (Å²) in [6.07, 6.45) is -0.693. The smallest absolute Gasteiger partial charge is 0.261 e. The molecule has 0 aliphatic rings. The van der Waals surface area contributed by atoms with Crippen LogP contribution in [0.15, 0.2) is 23.1 Å². The Hall–Kier alpha value is -1.27. The molecule has 0 aliphatic heterocycles. The number of nitrogens with one attached hydrogen (secondary N) is 1. The zero-order valence-corrected chi connectivity index (χ0v) is 14.3. The molecule has 0 radical (unpaired) electrons. The Labute approximate surface area is 130 Å². The Kier molecular flexibility index (Phi) is 5.28. The minimum Gasteiger partial charge on any atom is -0.481 e. The van der Waals surface area contributed by atoms with Crippen molar-refractivity contribution in [2.45, 2.75) is 51.2 Å². The first-order valence-corrected chi connectivity index (χ1v) is 8.75. The van der Waals surface area contributed by atoms with Crippen LogP contribution in [0.3, 0.4) is 0 Å². The number of halogens is 1.